The van der Waals surface area contributed by atoms with Gasteiger partial charge in [-0.15, -0.1) is 0 Å². The summed E-state index contributed by atoms with van der Waals surface area (Å²) in [4.78, 5) is 8.03. The highest BCUT2D eigenvalue weighted by Gasteiger charge is 2.11. The van der Waals surface area contributed by atoms with E-state index >= 15 is 0 Å². The van der Waals surface area contributed by atoms with Gasteiger partial charge in [0.05, 0.1) is 4.47 Å². The molecule has 18 heavy (non-hydrogen) atoms. The van der Waals surface area contributed by atoms with Crippen molar-refractivity contribution in [2.75, 3.05) is 12.4 Å². The molecule has 1 N–H and O–H groups in total. The Hall–Kier alpha value is -1.21. The molecule has 94 valence electrons. The Labute approximate surface area is 120 Å². The summed E-state index contributed by atoms with van der Waals surface area (Å²) in [6.07, 6.45) is 1.38. The van der Waals surface area contributed by atoms with Crippen molar-refractivity contribution in [1.29, 1.82) is 0 Å². The molecule has 1 heterocycles. The topological polar surface area (TPSA) is 47.0 Å². The summed E-state index contributed by atoms with van der Waals surface area (Å²) in [5, 5.41) is 2.90. The molecule has 0 fully saturated rings. The molecule has 0 bridgehead atoms. The number of halogens is 3. The molecule has 0 amide bonds. The fraction of sp³-hybridized carbons (Fsp3) is 0.0909. The third-order valence-electron chi connectivity index (χ3n) is 2.09. The summed E-state index contributed by atoms with van der Waals surface area (Å²) in [6.45, 7) is 0. The summed E-state index contributed by atoms with van der Waals surface area (Å²) >= 11 is 6.56. The van der Waals surface area contributed by atoms with Crippen LogP contribution in [0.2, 0.25) is 0 Å². The lowest BCUT2D eigenvalue weighted by molar-refractivity contribution is 0.454. The first kappa shape index (κ1) is 13.2. The quantitative estimate of drug-likeness (QED) is 0.880. The number of ether oxygens (including phenoxy) is 1. The van der Waals surface area contributed by atoms with Gasteiger partial charge in [-0.2, -0.15) is 0 Å². The number of anilines is 1. The van der Waals surface area contributed by atoms with Gasteiger partial charge in [0.15, 0.2) is 0 Å². The van der Waals surface area contributed by atoms with E-state index in [1.165, 1.54) is 24.5 Å². The lowest BCUT2D eigenvalue weighted by Crippen LogP contribution is -1.98. The molecule has 0 radical (unpaired) electrons. The highest BCUT2D eigenvalue weighted by Crippen LogP contribution is 2.34. The zero-order chi connectivity index (χ0) is 13.1. The molecule has 1 aromatic heterocycles. The van der Waals surface area contributed by atoms with E-state index in [2.05, 4.69) is 47.1 Å². The minimum Gasteiger partial charge on any atom is -0.436 e. The number of nitrogens with zero attached hydrogens (tertiary/aromatic N) is 2. The third-order valence-corrected chi connectivity index (χ3v) is 3.43. The van der Waals surface area contributed by atoms with Crippen molar-refractivity contribution in [3.63, 3.8) is 0 Å². The molecule has 4 nitrogen and oxygen atoms in total. The first-order chi connectivity index (χ1) is 8.61. The van der Waals surface area contributed by atoms with Gasteiger partial charge in [-0.1, -0.05) is 0 Å². The minimum absolute atomic E-state index is 0.341. The van der Waals surface area contributed by atoms with Crippen LogP contribution in [0.4, 0.5) is 10.2 Å². The minimum atomic E-state index is -0.341. The molecule has 1 aromatic carbocycles. The molecular formula is C11H8Br2FN3O. The van der Waals surface area contributed by atoms with Crippen molar-refractivity contribution in [3.05, 3.63) is 39.3 Å². The van der Waals surface area contributed by atoms with Crippen molar-refractivity contribution in [2.45, 2.75) is 0 Å². The highest BCUT2D eigenvalue weighted by molar-refractivity contribution is 9.11. The van der Waals surface area contributed by atoms with Gasteiger partial charge < -0.3 is 10.1 Å². The van der Waals surface area contributed by atoms with Crippen LogP contribution in [0.25, 0.3) is 0 Å². The van der Waals surface area contributed by atoms with E-state index in [9.17, 15) is 4.39 Å². The molecule has 0 saturated carbocycles. The van der Waals surface area contributed by atoms with Crippen molar-refractivity contribution in [3.8, 4) is 11.6 Å². The molecule has 0 aliphatic carbocycles. The molecule has 0 spiro atoms. The summed E-state index contributed by atoms with van der Waals surface area (Å²) in [5.41, 5.74) is 0. The maximum atomic E-state index is 13.0. The van der Waals surface area contributed by atoms with Crippen molar-refractivity contribution >= 4 is 37.7 Å². The van der Waals surface area contributed by atoms with Crippen molar-refractivity contribution in [2.24, 2.45) is 0 Å². The van der Waals surface area contributed by atoms with E-state index in [0.717, 1.165) is 0 Å². The van der Waals surface area contributed by atoms with Gasteiger partial charge in [0.25, 0.3) is 0 Å². The van der Waals surface area contributed by atoms with Crippen LogP contribution in [-0.4, -0.2) is 17.0 Å². The van der Waals surface area contributed by atoms with Crippen molar-refractivity contribution < 1.29 is 9.13 Å². The van der Waals surface area contributed by atoms with Gasteiger partial charge in [0.2, 0.25) is 5.88 Å². The molecule has 0 unspecified atom stereocenters. The smallest absolute Gasteiger partial charge is 0.238 e. The Morgan fingerprint density at radius 2 is 2.06 bits per heavy atom. The average Bonchev–Trinajstić information content (AvgIpc) is 2.35. The van der Waals surface area contributed by atoms with E-state index < -0.39 is 0 Å². The molecule has 0 aliphatic heterocycles. The molecule has 0 atom stereocenters. The summed E-state index contributed by atoms with van der Waals surface area (Å²) in [5.74, 6) is 1.09. The fourth-order valence-electron chi connectivity index (χ4n) is 1.26. The van der Waals surface area contributed by atoms with Crippen LogP contribution in [0.5, 0.6) is 11.6 Å². The number of nitrogens with one attached hydrogen (secondary N) is 1. The Bertz CT molecular complexity index is 580. The largest absolute Gasteiger partial charge is 0.436 e. The standard InChI is InChI=1S/C11H8Br2FN3O/c1-15-10-9(13)11(17-5-16-10)18-8-3-2-6(14)4-7(8)12/h2-5H,1H3,(H,15,16,17). The van der Waals surface area contributed by atoms with Crippen LogP contribution in [-0.2, 0) is 0 Å². The molecule has 7 heteroatoms. The predicted molar refractivity (Wildman–Crippen MR) is 73.5 cm³/mol. The molecule has 0 saturated heterocycles. The fourth-order valence-corrected chi connectivity index (χ4v) is 2.18. The number of hydrogen-bond acceptors (Lipinski definition) is 4. The van der Waals surface area contributed by atoms with Gasteiger partial charge in [0.1, 0.15) is 28.2 Å². The van der Waals surface area contributed by atoms with Crippen LogP contribution in [0.1, 0.15) is 0 Å². The number of rotatable bonds is 3. The lowest BCUT2D eigenvalue weighted by atomic mass is 10.3. The van der Waals surface area contributed by atoms with Crippen LogP contribution in [0.3, 0.4) is 0 Å². The maximum Gasteiger partial charge on any atom is 0.238 e. The van der Waals surface area contributed by atoms with Crippen LogP contribution < -0.4 is 10.1 Å². The van der Waals surface area contributed by atoms with E-state index in [4.69, 9.17) is 4.74 Å². The second kappa shape index (κ2) is 5.62. The van der Waals surface area contributed by atoms with Gasteiger partial charge in [-0.05, 0) is 50.1 Å². The van der Waals surface area contributed by atoms with Crippen molar-refractivity contribution in [1.82, 2.24) is 9.97 Å². The monoisotopic (exact) mass is 375 g/mol. The summed E-state index contributed by atoms with van der Waals surface area (Å²) < 4.78 is 19.7. The van der Waals surface area contributed by atoms with Gasteiger partial charge >= 0.3 is 0 Å². The first-order valence-electron chi connectivity index (χ1n) is 4.93. The third kappa shape index (κ3) is 2.78. The zero-order valence-electron chi connectivity index (χ0n) is 9.25. The van der Waals surface area contributed by atoms with Gasteiger partial charge in [-0.3, -0.25) is 0 Å². The van der Waals surface area contributed by atoms with Crippen LogP contribution in [0.15, 0.2) is 33.5 Å². The summed E-state index contributed by atoms with van der Waals surface area (Å²) in [7, 11) is 1.74. The van der Waals surface area contributed by atoms with Crippen LogP contribution >= 0.6 is 31.9 Å². The van der Waals surface area contributed by atoms with E-state index in [0.29, 0.717) is 26.4 Å². The average molecular weight is 377 g/mol. The second-order valence-electron chi connectivity index (χ2n) is 3.27. The zero-order valence-corrected chi connectivity index (χ0v) is 12.4. The number of benzene rings is 1. The van der Waals surface area contributed by atoms with E-state index in [1.54, 1.807) is 7.05 Å². The highest BCUT2D eigenvalue weighted by atomic mass is 79.9. The Balaban J connectivity index is 2.34. The Kier molecular flexibility index (Phi) is 4.13. The molecule has 2 aromatic rings. The number of hydrogen-bond donors (Lipinski definition) is 1. The Morgan fingerprint density at radius 1 is 1.28 bits per heavy atom. The summed E-state index contributed by atoms with van der Waals surface area (Å²) in [6, 6.07) is 4.16. The second-order valence-corrected chi connectivity index (χ2v) is 4.92. The normalized spacial score (nSPS) is 10.2. The first-order valence-corrected chi connectivity index (χ1v) is 6.51. The molecular weight excluding hydrogens is 369 g/mol. The number of aromatic nitrogens is 2. The SMILES string of the molecule is CNc1ncnc(Oc2ccc(F)cc2Br)c1Br. The van der Waals surface area contributed by atoms with E-state index in [-0.39, 0.29) is 5.82 Å². The lowest BCUT2D eigenvalue weighted by Gasteiger charge is -2.10. The van der Waals surface area contributed by atoms with Gasteiger partial charge in [-0.25, -0.2) is 14.4 Å². The molecule has 0 aliphatic rings. The maximum absolute atomic E-state index is 13.0. The van der Waals surface area contributed by atoms with E-state index in [1.807, 2.05) is 0 Å². The van der Waals surface area contributed by atoms with Gasteiger partial charge in [0, 0.05) is 7.05 Å². The Morgan fingerprint density at radius 3 is 2.72 bits per heavy atom. The molecule has 2 rings (SSSR count). The van der Waals surface area contributed by atoms with Crippen LogP contribution in [0, 0.1) is 5.82 Å². The predicted octanol–water partition coefficient (Wildman–Crippen LogP) is 3.97.